The van der Waals surface area contributed by atoms with Crippen LogP contribution in [0.3, 0.4) is 0 Å². The van der Waals surface area contributed by atoms with Crippen LogP contribution in [0.25, 0.3) is 6.08 Å². The van der Waals surface area contributed by atoms with Gasteiger partial charge in [-0.2, -0.15) is 0 Å². The third kappa shape index (κ3) is 3.72. The molecule has 2 aromatic carbocycles. The van der Waals surface area contributed by atoms with E-state index in [9.17, 15) is 9.18 Å². The van der Waals surface area contributed by atoms with Gasteiger partial charge in [-0.05, 0) is 48.2 Å². The van der Waals surface area contributed by atoms with Crippen molar-refractivity contribution in [2.24, 2.45) is 4.99 Å². The molecule has 0 atom stereocenters. The highest BCUT2D eigenvalue weighted by molar-refractivity contribution is 6.07. The fourth-order valence-electron chi connectivity index (χ4n) is 2.45. The molecule has 0 saturated heterocycles. The number of esters is 1. The molecule has 4 heteroatoms. The first-order valence-electron chi connectivity index (χ1n) is 7.43. The number of halogens is 1. The van der Waals surface area contributed by atoms with E-state index in [2.05, 4.69) is 11.1 Å². The van der Waals surface area contributed by atoms with E-state index in [4.69, 9.17) is 4.74 Å². The summed E-state index contributed by atoms with van der Waals surface area (Å²) in [7, 11) is 0. The topological polar surface area (TPSA) is 38.7 Å². The molecule has 0 saturated carbocycles. The molecule has 23 heavy (non-hydrogen) atoms. The Hall–Kier alpha value is -2.75. The van der Waals surface area contributed by atoms with Crippen molar-refractivity contribution < 1.29 is 13.9 Å². The zero-order valence-electron chi connectivity index (χ0n) is 12.8. The van der Waals surface area contributed by atoms with Crippen molar-refractivity contribution in [3.05, 3.63) is 76.7 Å². The Morgan fingerprint density at radius 1 is 1.13 bits per heavy atom. The predicted octanol–water partition coefficient (Wildman–Crippen LogP) is 4.06. The number of rotatable bonds is 4. The monoisotopic (exact) mass is 309 g/mol. The summed E-state index contributed by atoms with van der Waals surface area (Å²) in [6.07, 6.45) is 2.84. The van der Waals surface area contributed by atoms with Crippen molar-refractivity contribution in [1.29, 1.82) is 0 Å². The van der Waals surface area contributed by atoms with Gasteiger partial charge < -0.3 is 4.74 Å². The molecule has 1 aliphatic heterocycles. The Morgan fingerprint density at radius 3 is 2.74 bits per heavy atom. The molecular formula is C19H16FNO2. The summed E-state index contributed by atoms with van der Waals surface area (Å²) in [5, 5.41) is 0. The lowest BCUT2D eigenvalue weighted by Gasteiger charge is -2.04. The van der Waals surface area contributed by atoms with Gasteiger partial charge in [-0.3, -0.25) is 0 Å². The van der Waals surface area contributed by atoms with Gasteiger partial charge in [-0.1, -0.05) is 36.4 Å². The summed E-state index contributed by atoms with van der Waals surface area (Å²) in [5.41, 5.74) is 3.19. The first-order valence-corrected chi connectivity index (χ1v) is 7.43. The van der Waals surface area contributed by atoms with Gasteiger partial charge in [0.15, 0.2) is 11.6 Å². The van der Waals surface area contributed by atoms with Crippen molar-refractivity contribution in [2.45, 2.75) is 19.8 Å². The molecule has 3 nitrogen and oxygen atoms in total. The first-order chi connectivity index (χ1) is 11.1. The maximum Gasteiger partial charge on any atom is 0.363 e. The van der Waals surface area contributed by atoms with Gasteiger partial charge in [-0.15, -0.1) is 0 Å². The molecule has 0 aliphatic carbocycles. The maximum atomic E-state index is 13.2. The highest BCUT2D eigenvalue weighted by Gasteiger charge is 2.22. The van der Waals surface area contributed by atoms with E-state index in [1.54, 1.807) is 12.1 Å². The summed E-state index contributed by atoms with van der Waals surface area (Å²) in [6, 6.07) is 14.1. The van der Waals surface area contributed by atoms with Crippen molar-refractivity contribution in [2.75, 3.05) is 0 Å². The molecule has 0 amide bonds. The minimum absolute atomic E-state index is 0.204. The molecule has 3 rings (SSSR count). The van der Waals surface area contributed by atoms with E-state index in [1.165, 1.54) is 29.3 Å². The number of aryl methyl sites for hydroxylation is 2. The van der Waals surface area contributed by atoms with Crippen LogP contribution in [0.15, 0.2) is 59.2 Å². The average Bonchev–Trinajstić information content (AvgIpc) is 2.87. The van der Waals surface area contributed by atoms with Gasteiger partial charge >= 0.3 is 5.97 Å². The third-order valence-corrected chi connectivity index (χ3v) is 3.69. The summed E-state index contributed by atoms with van der Waals surface area (Å²) < 4.78 is 18.4. The van der Waals surface area contributed by atoms with E-state index in [0.717, 1.165) is 6.42 Å². The average molecular weight is 309 g/mol. The van der Waals surface area contributed by atoms with Crippen LogP contribution in [-0.4, -0.2) is 11.9 Å². The van der Waals surface area contributed by atoms with Crippen LogP contribution in [0.5, 0.6) is 0 Å². The van der Waals surface area contributed by atoms with Crippen LogP contribution in [-0.2, 0) is 16.0 Å². The molecular weight excluding hydrogens is 293 g/mol. The van der Waals surface area contributed by atoms with Gasteiger partial charge in [0.1, 0.15) is 5.82 Å². The number of carbonyl (C=O) groups excluding carboxylic acids is 1. The number of nitrogens with zero attached hydrogens (tertiary/aromatic N) is 1. The van der Waals surface area contributed by atoms with Crippen molar-refractivity contribution in [3.8, 4) is 0 Å². The number of aliphatic imine (C=N–C) groups is 1. The fraction of sp³-hybridized carbons (Fsp3) is 0.158. The Bertz CT molecular complexity index is 809. The highest BCUT2D eigenvalue weighted by atomic mass is 19.1. The van der Waals surface area contributed by atoms with Crippen LogP contribution in [0.2, 0.25) is 0 Å². The number of hydrogen-bond donors (Lipinski definition) is 0. The molecule has 0 unspecified atom stereocenters. The van der Waals surface area contributed by atoms with Crippen LogP contribution in [0.4, 0.5) is 4.39 Å². The zero-order chi connectivity index (χ0) is 16.2. The van der Waals surface area contributed by atoms with E-state index < -0.39 is 5.97 Å². The van der Waals surface area contributed by atoms with Gasteiger partial charge in [-0.25, -0.2) is 14.2 Å². The molecule has 116 valence electrons. The number of carbonyl (C=O) groups is 1. The van der Waals surface area contributed by atoms with Gasteiger partial charge in [0.25, 0.3) is 0 Å². The van der Waals surface area contributed by atoms with Crippen molar-refractivity contribution in [1.82, 2.24) is 0 Å². The minimum Gasteiger partial charge on any atom is -0.407 e. The first kappa shape index (κ1) is 15.2. The molecule has 0 radical (unpaired) electrons. The standard InChI is InChI=1S/C19H16FNO2/c1-13-5-2-3-7-15(13)9-10-18-21-17(19(22)23-18)12-14-6-4-8-16(20)11-14/h2-8,11-12H,9-10H2,1H3/b17-12+. The summed E-state index contributed by atoms with van der Waals surface area (Å²) in [6.45, 7) is 2.05. The minimum atomic E-state index is -0.492. The molecule has 1 aliphatic rings. The Morgan fingerprint density at radius 2 is 1.96 bits per heavy atom. The van der Waals surface area contributed by atoms with Crippen molar-refractivity contribution in [3.63, 3.8) is 0 Å². The largest absolute Gasteiger partial charge is 0.407 e. The van der Waals surface area contributed by atoms with Gasteiger partial charge in [0.2, 0.25) is 0 Å². The fourth-order valence-corrected chi connectivity index (χ4v) is 2.45. The van der Waals surface area contributed by atoms with E-state index in [-0.39, 0.29) is 11.5 Å². The molecule has 0 aromatic heterocycles. The molecule has 0 spiro atoms. The molecule has 2 aromatic rings. The second-order valence-electron chi connectivity index (χ2n) is 5.41. The number of ether oxygens (including phenoxy) is 1. The lowest BCUT2D eigenvalue weighted by molar-refractivity contribution is -0.130. The smallest absolute Gasteiger partial charge is 0.363 e. The second-order valence-corrected chi connectivity index (χ2v) is 5.41. The Labute approximate surface area is 134 Å². The summed E-state index contributed by atoms with van der Waals surface area (Å²) >= 11 is 0. The molecule has 0 fully saturated rings. The summed E-state index contributed by atoms with van der Waals surface area (Å²) in [5.74, 6) is -0.440. The quantitative estimate of drug-likeness (QED) is 0.631. The SMILES string of the molecule is Cc1ccccc1CCC1=N/C(=C/c2cccc(F)c2)C(=O)O1. The van der Waals surface area contributed by atoms with E-state index >= 15 is 0 Å². The lowest BCUT2D eigenvalue weighted by Crippen LogP contribution is -2.05. The van der Waals surface area contributed by atoms with Crippen molar-refractivity contribution >= 4 is 17.9 Å². The zero-order valence-corrected chi connectivity index (χ0v) is 12.8. The number of hydrogen-bond acceptors (Lipinski definition) is 3. The number of benzene rings is 2. The predicted molar refractivity (Wildman–Crippen MR) is 87.4 cm³/mol. The normalized spacial score (nSPS) is 15.7. The van der Waals surface area contributed by atoms with Crippen LogP contribution >= 0.6 is 0 Å². The maximum absolute atomic E-state index is 13.2. The number of cyclic esters (lactones) is 1. The molecule has 0 N–H and O–H groups in total. The Kier molecular flexibility index (Phi) is 4.33. The Balaban J connectivity index is 1.73. The molecule has 0 bridgehead atoms. The van der Waals surface area contributed by atoms with Gasteiger partial charge in [0, 0.05) is 6.42 Å². The highest BCUT2D eigenvalue weighted by Crippen LogP contribution is 2.19. The third-order valence-electron chi connectivity index (χ3n) is 3.69. The van der Waals surface area contributed by atoms with Gasteiger partial charge in [0.05, 0.1) is 0 Å². The van der Waals surface area contributed by atoms with E-state index in [0.29, 0.717) is 17.9 Å². The van der Waals surface area contributed by atoms with E-state index in [1.807, 2.05) is 25.1 Å². The second kappa shape index (κ2) is 6.57. The summed E-state index contributed by atoms with van der Waals surface area (Å²) in [4.78, 5) is 16.1. The molecule has 1 heterocycles. The van der Waals surface area contributed by atoms with Crippen LogP contribution < -0.4 is 0 Å². The van der Waals surface area contributed by atoms with Crippen LogP contribution in [0, 0.1) is 12.7 Å². The lowest BCUT2D eigenvalue weighted by atomic mass is 10.0. The van der Waals surface area contributed by atoms with Crippen LogP contribution in [0.1, 0.15) is 23.1 Å².